The number of aromatic nitrogens is 2. The van der Waals surface area contributed by atoms with Crippen LogP contribution in [0, 0.1) is 5.92 Å². The number of rotatable bonds is 6. The minimum absolute atomic E-state index is 0.139. The maximum atomic E-state index is 13.2. The summed E-state index contributed by atoms with van der Waals surface area (Å²) in [5.74, 6) is 2.01. The third-order valence-electron chi connectivity index (χ3n) is 5.62. The summed E-state index contributed by atoms with van der Waals surface area (Å²) in [5, 5.41) is 6.42. The Hall–Kier alpha value is -3.16. The van der Waals surface area contributed by atoms with E-state index in [4.69, 9.17) is 4.74 Å². The van der Waals surface area contributed by atoms with Crippen LogP contribution in [0.15, 0.2) is 47.8 Å². The zero-order valence-corrected chi connectivity index (χ0v) is 18.4. The van der Waals surface area contributed by atoms with Gasteiger partial charge in [0.25, 0.3) is 0 Å². The molecular weight excluding hydrogens is 392 g/mol. The van der Waals surface area contributed by atoms with Crippen LogP contribution in [0.1, 0.15) is 25.8 Å². The van der Waals surface area contributed by atoms with Crippen molar-refractivity contribution in [2.75, 3.05) is 44.7 Å². The van der Waals surface area contributed by atoms with Gasteiger partial charge >= 0.3 is 0 Å². The molecule has 4 rings (SSSR count). The van der Waals surface area contributed by atoms with Gasteiger partial charge in [-0.3, -0.25) is 9.80 Å². The molecule has 164 valence electrons. The van der Waals surface area contributed by atoms with Crippen LogP contribution in [0.3, 0.4) is 0 Å². The number of ether oxygens (including phenoxy) is 1. The first-order valence-electron chi connectivity index (χ1n) is 10.9. The number of benzene rings is 1. The van der Waals surface area contributed by atoms with Crippen molar-refractivity contribution < 1.29 is 9.53 Å². The van der Waals surface area contributed by atoms with Crippen molar-refractivity contribution in [2.24, 2.45) is 11.0 Å². The Morgan fingerprint density at radius 2 is 1.87 bits per heavy atom. The van der Waals surface area contributed by atoms with Crippen molar-refractivity contribution >= 4 is 17.4 Å². The largest absolute Gasteiger partial charge is 0.477 e. The Kier molecular flexibility index (Phi) is 6.34. The lowest BCUT2D eigenvalue weighted by Crippen LogP contribution is -2.53. The Labute approximate surface area is 183 Å². The number of hydrogen-bond acceptors (Lipinski definition) is 7. The first-order valence-corrected chi connectivity index (χ1v) is 10.9. The maximum absolute atomic E-state index is 13.2. The second-order valence-electron chi connectivity index (χ2n) is 8.44. The van der Waals surface area contributed by atoms with Crippen molar-refractivity contribution in [1.29, 1.82) is 0 Å². The third kappa shape index (κ3) is 4.95. The molecule has 1 unspecified atom stereocenters. The molecule has 0 saturated carbocycles. The second-order valence-corrected chi connectivity index (χ2v) is 8.44. The molecular formula is C23H30N6O2. The van der Waals surface area contributed by atoms with Crippen molar-refractivity contribution in [3.8, 4) is 5.88 Å². The van der Waals surface area contributed by atoms with Crippen molar-refractivity contribution in [2.45, 2.75) is 26.3 Å². The lowest BCUT2D eigenvalue weighted by atomic mass is 10.0. The average Bonchev–Trinajstić information content (AvgIpc) is 3.20. The molecule has 0 spiro atoms. The molecule has 8 heteroatoms. The fourth-order valence-corrected chi connectivity index (χ4v) is 3.87. The predicted octanol–water partition coefficient (Wildman–Crippen LogP) is 2.27. The standard InChI is InChI=1S/C23H30N6O2/c1-17(2)15-31-22-14-21(24-16-25-22)28-9-11-29(12-10-28)23(30)20-13-19(26-27(20)3)18-7-5-4-6-8-18/h4-8,14,16-17,20H,9-13,15H2,1-3H3. The predicted molar refractivity (Wildman–Crippen MR) is 120 cm³/mol. The summed E-state index contributed by atoms with van der Waals surface area (Å²) in [4.78, 5) is 25.9. The van der Waals surface area contributed by atoms with E-state index in [1.165, 1.54) is 0 Å². The lowest BCUT2D eigenvalue weighted by Gasteiger charge is -2.37. The van der Waals surface area contributed by atoms with E-state index < -0.39 is 0 Å². The molecule has 3 heterocycles. The van der Waals surface area contributed by atoms with Crippen LogP contribution in [0.25, 0.3) is 0 Å². The molecule has 2 aliphatic heterocycles. The number of piperazine rings is 1. The normalized spacial score (nSPS) is 19.0. The number of hydrogen-bond donors (Lipinski definition) is 0. The number of amides is 1. The van der Waals surface area contributed by atoms with Gasteiger partial charge in [-0.15, -0.1) is 0 Å². The number of likely N-dealkylation sites (N-methyl/N-ethyl adjacent to an activating group) is 1. The monoisotopic (exact) mass is 422 g/mol. The highest BCUT2D eigenvalue weighted by atomic mass is 16.5. The van der Waals surface area contributed by atoms with Crippen LogP contribution < -0.4 is 9.64 Å². The maximum Gasteiger partial charge on any atom is 0.247 e. The summed E-state index contributed by atoms with van der Waals surface area (Å²) >= 11 is 0. The second kappa shape index (κ2) is 9.32. The smallest absolute Gasteiger partial charge is 0.247 e. The molecule has 8 nitrogen and oxygen atoms in total. The van der Waals surface area contributed by atoms with Crippen molar-refractivity contribution in [1.82, 2.24) is 19.9 Å². The zero-order valence-electron chi connectivity index (χ0n) is 18.4. The van der Waals surface area contributed by atoms with Crippen LogP contribution in [-0.2, 0) is 4.79 Å². The first-order chi connectivity index (χ1) is 15.0. The molecule has 0 bridgehead atoms. The van der Waals surface area contributed by atoms with Gasteiger partial charge in [0.1, 0.15) is 18.2 Å². The van der Waals surface area contributed by atoms with E-state index >= 15 is 0 Å². The van der Waals surface area contributed by atoms with Gasteiger partial charge in [0.15, 0.2) is 0 Å². The molecule has 2 aliphatic rings. The van der Waals surface area contributed by atoms with Crippen LogP contribution in [0.4, 0.5) is 5.82 Å². The van der Waals surface area contributed by atoms with E-state index in [2.05, 4.69) is 33.8 Å². The number of anilines is 1. The Balaban J connectivity index is 1.33. The molecule has 1 saturated heterocycles. The summed E-state index contributed by atoms with van der Waals surface area (Å²) < 4.78 is 5.72. The summed E-state index contributed by atoms with van der Waals surface area (Å²) in [6, 6.07) is 11.7. The molecule has 0 aliphatic carbocycles. The van der Waals surface area contributed by atoms with Crippen molar-refractivity contribution in [3.63, 3.8) is 0 Å². The molecule has 1 fully saturated rings. The van der Waals surface area contributed by atoms with Gasteiger partial charge in [-0.05, 0) is 11.5 Å². The van der Waals surface area contributed by atoms with Gasteiger partial charge in [-0.1, -0.05) is 44.2 Å². The summed E-state index contributed by atoms with van der Waals surface area (Å²) in [6.07, 6.45) is 2.18. The molecule has 0 N–H and O–H groups in total. The first kappa shape index (κ1) is 21.1. The van der Waals surface area contributed by atoms with E-state index in [0.717, 1.165) is 30.2 Å². The Morgan fingerprint density at radius 1 is 1.13 bits per heavy atom. The number of carbonyl (C=O) groups excluding carboxylic acids is 1. The van der Waals surface area contributed by atoms with E-state index in [0.29, 0.717) is 37.9 Å². The van der Waals surface area contributed by atoms with Crippen LogP contribution >= 0.6 is 0 Å². The average molecular weight is 423 g/mol. The van der Waals surface area contributed by atoms with Crippen LogP contribution in [0.5, 0.6) is 5.88 Å². The van der Waals surface area contributed by atoms with Crippen LogP contribution in [0.2, 0.25) is 0 Å². The summed E-state index contributed by atoms with van der Waals surface area (Å²) in [5.41, 5.74) is 2.05. The molecule has 1 aromatic heterocycles. The van der Waals surface area contributed by atoms with Gasteiger partial charge in [0.2, 0.25) is 11.8 Å². The zero-order chi connectivity index (χ0) is 21.8. The third-order valence-corrected chi connectivity index (χ3v) is 5.62. The highest BCUT2D eigenvalue weighted by molar-refractivity contribution is 6.04. The number of nitrogens with zero attached hydrogens (tertiary/aromatic N) is 6. The van der Waals surface area contributed by atoms with Crippen LogP contribution in [-0.4, -0.2) is 77.4 Å². The van der Waals surface area contributed by atoms with E-state index in [1.54, 1.807) is 11.3 Å². The molecule has 1 amide bonds. The van der Waals surface area contributed by atoms with Gasteiger partial charge in [-0.2, -0.15) is 5.10 Å². The van der Waals surface area contributed by atoms with Gasteiger partial charge in [0, 0.05) is 45.7 Å². The van der Waals surface area contributed by atoms with Gasteiger partial charge in [-0.25, -0.2) is 9.97 Å². The SMILES string of the molecule is CC(C)COc1cc(N2CCN(C(=O)C3CC(c4ccccc4)=NN3C)CC2)ncn1. The lowest BCUT2D eigenvalue weighted by molar-refractivity contribution is -0.136. The van der Waals surface area contributed by atoms with E-state index in [9.17, 15) is 4.79 Å². The fraction of sp³-hybridized carbons (Fsp3) is 0.478. The highest BCUT2D eigenvalue weighted by Crippen LogP contribution is 2.22. The Morgan fingerprint density at radius 3 is 2.58 bits per heavy atom. The molecule has 2 aromatic rings. The minimum Gasteiger partial charge on any atom is -0.477 e. The van der Waals surface area contributed by atoms with Crippen molar-refractivity contribution in [3.05, 3.63) is 48.3 Å². The number of hydrazone groups is 1. The Bertz CT molecular complexity index is 925. The van der Waals surface area contributed by atoms with E-state index in [1.807, 2.05) is 48.3 Å². The van der Waals surface area contributed by atoms with E-state index in [-0.39, 0.29) is 11.9 Å². The highest BCUT2D eigenvalue weighted by Gasteiger charge is 2.35. The molecule has 0 radical (unpaired) electrons. The minimum atomic E-state index is -0.239. The molecule has 31 heavy (non-hydrogen) atoms. The summed E-state index contributed by atoms with van der Waals surface area (Å²) in [6.45, 7) is 7.62. The quantitative estimate of drug-likeness (QED) is 0.711. The molecule has 1 aromatic carbocycles. The summed E-state index contributed by atoms with van der Waals surface area (Å²) in [7, 11) is 1.88. The van der Waals surface area contributed by atoms with Gasteiger partial charge in [0.05, 0.1) is 12.3 Å². The fourth-order valence-electron chi connectivity index (χ4n) is 3.87. The topological polar surface area (TPSA) is 74.2 Å². The van der Waals surface area contributed by atoms with Gasteiger partial charge < -0.3 is 14.5 Å². The number of carbonyl (C=O) groups is 1. The molecule has 1 atom stereocenters.